The average molecular weight is 385 g/mol. The molecule has 0 spiro atoms. The van der Waals surface area contributed by atoms with Crippen LogP contribution < -0.4 is 16.2 Å². The van der Waals surface area contributed by atoms with Crippen LogP contribution in [0.4, 0.5) is 17.5 Å². The standard InChI is InChI=1S/C18H19N5O3S/c1-2-19-18-20-16(13-6-4-3-5-7-13)12-17(21-18)23-22-14-8-10-15(11-9-14)27(24,25)26/h3-12,22H,2H2,1H3,(H,24,25,26)(H2,19,20,21,23). The highest BCUT2D eigenvalue weighted by molar-refractivity contribution is 7.85. The first-order valence-electron chi connectivity index (χ1n) is 8.23. The number of nitrogens with one attached hydrogen (secondary N) is 3. The van der Waals surface area contributed by atoms with Crippen LogP contribution in [0.3, 0.4) is 0 Å². The SMILES string of the molecule is CCNc1nc(NNc2ccc(S(=O)(=O)O)cc2)cc(-c2ccccc2)n1. The summed E-state index contributed by atoms with van der Waals surface area (Å²) in [5, 5.41) is 3.10. The van der Waals surface area contributed by atoms with E-state index in [-0.39, 0.29) is 4.90 Å². The van der Waals surface area contributed by atoms with Gasteiger partial charge >= 0.3 is 0 Å². The van der Waals surface area contributed by atoms with Crippen LogP contribution in [0.1, 0.15) is 6.92 Å². The third-order valence-corrected chi connectivity index (χ3v) is 4.49. The predicted molar refractivity (Wildman–Crippen MR) is 105 cm³/mol. The Bertz CT molecular complexity index is 1010. The molecule has 0 radical (unpaired) electrons. The molecule has 0 bridgehead atoms. The first kappa shape index (κ1) is 18.6. The zero-order valence-electron chi connectivity index (χ0n) is 14.5. The Kier molecular flexibility index (Phi) is 5.53. The van der Waals surface area contributed by atoms with Crippen LogP contribution in [0.5, 0.6) is 0 Å². The monoisotopic (exact) mass is 385 g/mol. The molecule has 8 nitrogen and oxygen atoms in total. The Labute approximate surface area is 157 Å². The summed E-state index contributed by atoms with van der Waals surface area (Å²) in [7, 11) is -4.21. The van der Waals surface area contributed by atoms with Gasteiger partial charge in [0.25, 0.3) is 10.1 Å². The van der Waals surface area contributed by atoms with Crippen molar-refractivity contribution in [2.75, 3.05) is 22.7 Å². The lowest BCUT2D eigenvalue weighted by Gasteiger charge is -2.12. The Hall–Kier alpha value is -3.17. The molecule has 1 heterocycles. The molecule has 0 unspecified atom stereocenters. The Morgan fingerprint density at radius 1 is 0.963 bits per heavy atom. The molecule has 3 rings (SSSR count). The molecule has 0 atom stereocenters. The number of aromatic nitrogens is 2. The molecule has 9 heteroatoms. The van der Waals surface area contributed by atoms with Crippen LogP contribution in [-0.2, 0) is 10.1 Å². The van der Waals surface area contributed by atoms with Crippen LogP contribution >= 0.6 is 0 Å². The number of hydrogen-bond acceptors (Lipinski definition) is 7. The molecule has 0 fully saturated rings. The lowest BCUT2D eigenvalue weighted by molar-refractivity contribution is 0.483. The van der Waals surface area contributed by atoms with E-state index in [4.69, 9.17) is 4.55 Å². The maximum absolute atomic E-state index is 11.1. The maximum Gasteiger partial charge on any atom is 0.294 e. The third kappa shape index (κ3) is 4.93. The van der Waals surface area contributed by atoms with Gasteiger partial charge in [0.15, 0.2) is 5.82 Å². The quantitative estimate of drug-likeness (QED) is 0.362. The van der Waals surface area contributed by atoms with Gasteiger partial charge in [-0.25, -0.2) is 4.98 Å². The van der Waals surface area contributed by atoms with Gasteiger partial charge < -0.3 is 5.32 Å². The highest BCUT2D eigenvalue weighted by Gasteiger charge is 2.09. The van der Waals surface area contributed by atoms with Crippen molar-refractivity contribution in [2.45, 2.75) is 11.8 Å². The summed E-state index contributed by atoms with van der Waals surface area (Å²) in [5.74, 6) is 1.03. The fourth-order valence-corrected chi connectivity index (χ4v) is 2.83. The van der Waals surface area contributed by atoms with E-state index in [9.17, 15) is 8.42 Å². The summed E-state index contributed by atoms with van der Waals surface area (Å²) < 4.78 is 31.2. The minimum absolute atomic E-state index is 0.170. The molecule has 0 aliphatic heterocycles. The highest BCUT2D eigenvalue weighted by Crippen LogP contribution is 2.21. The van der Waals surface area contributed by atoms with Crippen molar-refractivity contribution < 1.29 is 13.0 Å². The molecular formula is C18H19N5O3S. The van der Waals surface area contributed by atoms with E-state index < -0.39 is 10.1 Å². The molecule has 0 aliphatic rings. The first-order valence-corrected chi connectivity index (χ1v) is 9.67. The number of nitrogens with zero attached hydrogens (tertiary/aromatic N) is 2. The van der Waals surface area contributed by atoms with Gasteiger partial charge in [0, 0.05) is 18.2 Å². The van der Waals surface area contributed by atoms with Gasteiger partial charge in [0.05, 0.1) is 16.3 Å². The van der Waals surface area contributed by atoms with E-state index in [1.54, 1.807) is 6.07 Å². The molecule has 140 valence electrons. The summed E-state index contributed by atoms with van der Waals surface area (Å²) >= 11 is 0. The third-order valence-electron chi connectivity index (χ3n) is 3.62. The summed E-state index contributed by atoms with van der Waals surface area (Å²) in [6, 6.07) is 17.2. The number of rotatable bonds is 7. The van der Waals surface area contributed by atoms with Gasteiger partial charge in [-0.05, 0) is 31.2 Å². The molecule has 0 amide bonds. The molecule has 0 saturated carbocycles. The van der Waals surface area contributed by atoms with Crippen LogP contribution in [0.15, 0.2) is 65.6 Å². The predicted octanol–water partition coefficient (Wildman–Crippen LogP) is 3.26. The topological polar surface area (TPSA) is 116 Å². The van der Waals surface area contributed by atoms with Crippen LogP contribution in [0.25, 0.3) is 11.3 Å². The molecule has 0 aliphatic carbocycles. The molecule has 1 aromatic heterocycles. The highest BCUT2D eigenvalue weighted by atomic mass is 32.2. The smallest absolute Gasteiger partial charge is 0.294 e. The van der Waals surface area contributed by atoms with E-state index in [0.717, 1.165) is 11.3 Å². The second-order valence-electron chi connectivity index (χ2n) is 5.61. The van der Waals surface area contributed by atoms with Gasteiger partial charge in [-0.3, -0.25) is 15.4 Å². The van der Waals surface area contributed by atoms with Crippen molar-refractivity contribution in [3.05, 3.63) is 60.7 Å². The van der Waals surface area contributed by atoms with E-state index >= 15 is 0 Å². The van der Waals surface area contributed by atoms with Gasteiger partial charge in [-0.1, -0.05) is 30.3 Å². The van der Waals surface area contributed by atoms with Crippen molar-refractivity contribution in [3.8, 4) is 11.3 Å². The number of anilines is 3. The Morgan fingerprint density at radius 2 is 1.67 bits per heavy atom. The fraction of sp³-hybridized carbons (Fsp3) is 0.111. The first-order chi connectivity index (χ1) is 13.0. The van der Waals surface area contributed by atoms with E-state index in [1.165, 1.54) is 24.3 Å². The number of benzene rings is 2. The zero-order chi connectivity index (χ0) is 19.3. The van der Waals surface area contributed by atoms with Crippen molar-refractivity contribution in [1.29, 1.82) is 0 Å². The molecular weight excluding hydrogens is 366 g/mol. The summed E-state index contributed by atoms with van der Waals surface area (Å²) in [6.45, 7) is 2.64. The zero-order valence-corrected chi connectivity index (χ0v) is 15.4. The molecule has 4 N–H and O–H groups in total. The summed E-state index contributed by atoms with van der Waals surface area (Å²) in [4.78, 5) is 8.72. The lowest BCUT2D eigenvalue weighted by atomic mass is 10.1. The van der Waals surface area contributed by atoms with Crippen LogP contribution in [0, 0.1) is 0 Å². The van der Waals surface area contributed by atoms with Crippen molar-refractivity contribution in [2.24, 2.45) is 0 Å². The second kappa shape index (κ2) is 8.02. The summed E-state index contributed by atoms with van der Waals surface area (Å²) in [6.07, 6.45) is 0. The van der Waals surface area contributed by atoms with Crippen LogP contribution in [0.2, 0.25) is 0 Å². The summed E-state index contributed by atoms with van der Waals surface area (Å²) in [5.41, 5.74) is 8.24. The lowest BCUT2D eigenvalue weighted by Crippen LogP contribution is -2.12. The van der Waals surface area contributed by atoms with E-state index in [1.807, 2.05) is 37.3 Å². The second-order valence-corrected chi connectivity index (χ2v) is 7.03. The van der Waals surface area contributed by atoms with Crippen molar-refractivity contribution in [3.63, 3.8) is 0 Å². The van der Waals surface area contributed by atoms with Crippen molar-refractivity contribution in [1.82, 2.24) is 9.97 Å². The minimum Gasteiger partial charge on any atom is -0.354 e. The van der Waals surface area contributed by atoms with Crippen LogP contribution in [-0.4, -0.2) is 29.5 Å². The Morgan fingerprint density at radius 3 is 2.30 bits per heavy atom. The molecule has 3 aromatic rings. The average Bonchev–Trinajstić information content (AvgIpc) is 2.67. The van der Waals surface area contributed by atoms with Gasteiger partial charge in [0.1, 0.15) is 0 Å². The normalized spacial score (nSPS) is 11.0. The molecule has 0 saturated heterocycles. The van der Waals surface area contributed by atoms with Crippen molar-refractivity contribution >= 4 is 27.6 Å². The Balaban J connectivity index is 1.80. The largest absolute Gasteiger partial charge is 0.354 e. The van der Waals surface area contributed by atoms with E-state index in [2.05, 4.69) is 26.1 Å². The van der Waals surface area contributed by atoms with Gasteiger partial charge in [-0.2, -0.15) is 13.4 Å². The molecule has 27 heavy (non-hydrogen) atoms. The number of hydrogen-bond donors (Lipinski definition) is 4. The van der Waals surface area contributed by atoms with Gasteiger partial charge in [0.2, 0.25) is 5.95 Å². The van der Waals surface area contributed by atoms with Gasteiger partial charge in [-0.15, -0.1) is 0 Å². The fourth-order valence-electron chi connectivity index (χ4n) is 2.35. The maximum atomic E-state index is 11.1. The minimum atomic E-state index is -4.21. The number of hydrazine groups is 1. The van der Waals surface area contributed by atoms with E-state index in [0.29, 0.717) is 24.0 Å². The molecule has 2 aromatic carbocycles.